The largest absolute Gasteiger partial charge is 0.508 e. The molecule has 1 aliphatic carbocycles. The van der Waals surface area contributed by atoms with Gasteiger partial charge in [-0.15, -0.1) is 0 Å². The quantitative estimate of drug-likeness (QED) is 0.670. The van der Waals surface area contributed by atoms with E-state index < -0.39 is 0 Å². The first-order valence-electron chi connectivity index (χ1n) is 8.25. The highest BCUT2D eigenvalue weighted by Crippen LogP contribution is 2.36. The van der Waals surface area contributed by atoms with Crippen molar-refractivity contribution >= 4 is 16.8 Å². The number of hydrogen-bond acceptors (Lipinski definition) is 2. The molecule has 1 amide bonds. The number of hydrogen-bond donors (Lipinski definition) is 3. The zero-order chi connectivity index (χ0) is 16.8. The summed E-state index contributed by atoms with van der Waals surface area (Å²) < 4.78 is 0. The van der Waals surface area contributed by atoms with Gasteiger partial charge in [-0.1, -0.05) is 18.2 Å². The Morgan fingerprint density at radius 3 is 2.92 bits per heavy atom. The van der Waals surface area contributed by atoms with Gasteiger partial charge in [0, 0.05) is 10.9 Å². The molecule has 0 saturated heterocycles. The molecule has 0 bridgehead atoms. The van der Waals surface area contributed by atoms with Gasteiger partial charge in [-0.25, -0.2) is 0 Å². The molecule has 1 atom stereocenters. The van der Waals surface area contributed by atoms with Gasteiger partial charge in [0.25, 0.3) is 5.91 Å². The second-order valence-corrected chi connectivity index (χ2v) is 6.56. The van der Waals surface area contributed by atoms with Crippen molar-refractivity contribution in [3.05, 3.63) is 64.3 Å². The Labute approximate surface area is 140 Å². The summed E-state index contributed by atoms with van der Waals surface area (Å²) in [6.07, 6.45) is 1.61. The zero-order valence-corrected chi connectivity index (χ0v) is 13.8. The third-order valence-electron chi connectivity index (χ3n) is 5.14. The van der Waals surface area contributed by atoms with E-state index in [0.29, 0.717) is 11.4 Å². The van der Waals surface area contributed by atoms with E-state index >= 15 is 0 Å². The highest BCUT2D eigenvalue weighted by atomic mass is 16.3. The first-order chi connectivity index (χ1) is 11.5. The van der Waals surface area contributed by atoms with Crippen LogP contribution in [0, 0.1) is 13.8 Å². The van der Waals surface area contributed by atoms with Crippen LogP contribution in [-0.4, -0.2) is 16.0 Å². The van der Waals surface area contributed by atoms with Crippen molar-refractivity contribution in [2.45, 2.75) is 32.7 Å². The van der Waals surface area contributed by atoms with Crippen molar-refractivity contribution < 1.29 is 9.90 Å². The normalized spacial score (nSPS) is 16.3. The van der Waals surface area contributed by atoms with Crippen LogP contribution < -0.4 is 5.32 Å². The Morgan fingerprint density at radius 1 is 1.25 bits per heavy atom. The number of fused-ring (bicyclic) bond motifs is 2. The number of carbonyl (C=O) groups excluding carboxylic acids is 1. The van der Waals surface area contributed by atoms with Crippen LogP contribution in [0.1, 0.15) is 45.2 Å². The van der Waals surface area contributed by atoms with Crippen LogP contribution >= 0.6 is 0 Å². The summed E-state index contributed by atoms with van der Waals surface area (Å²) >= 11 is 0. The van der Waals surface area contributed by atoms with Gasteiger partial charge in [-0.05, 0) is 67.1 Å². The summed E-state index contributed by atoms with van der Waals surface area (Å²) in [6.45, 7) is 4.15. The topological polar surface area (TPSA) is 65.1 Å². The van der Waals surface area contributed by atoms with E-state index in [0.717, 1.165) is 34.9 Å². The number of benzene rings is 2. The Bertz CT molecular complexity index is 956. The van der Waals surface area contributed by atoms with Crippen LogP contribution in [0.3, 0.4) is 0 Å². The van der Waals surface area contributed by atoms with Gasteiger partial charge in [-0.2, -0.15) is 0 Å². The maximum Gasteiger partial charge on any atom is 0.268 e. The number of amides is 1. The molecular formula is C20H20N2O2. The smallest absolute Gasteiger partial charge is 0.268 e. The van der Waals surface area contributed by atoms with Crippen molar-refractivity contribution in [2.24, 2.45) is 0 Å². The van der Waals surface area contributed by atoms with E-state index in [2.05, 4.69) is 30.2 Å². The van der Waals surface area contributed by atoms with Crippen LogP contribution in [0.15, 0.2) is 36.4 Å². The van der Waals surface area contributed by atoms with Crippen molar-refractivity contribution in [3.63, 3.8) is 0 Å². The number of aromatic hydroxyl groups is 1. The van der Waals surface area contributed by atoms with Crippen LogP contribution in [0.4, 0.5) is 0 Å². The SMILES string of the molecule is Cc1ccc2[nH]c(C(=O)NC3CCc4c(O)cccc43)cc2c1C. The fourth-order valence-electron chi connectivity index (χ4n) is 3.60. The molecule has 0 saturated carbocycles. The Balaban J connectivity index is 1.62. The standard InChI is InChI=1S/C20H20N2O2/c1-11-6-8-17-15(12(11)2)10-18(21-17)20(24)22-16-9-7-14-13(16)4-3-5-19(14)23/h3-6,8,10,16,21,23H,7,9H2,1-2H3,(H,22,24). The zero-order valence-electron chi connectivity index (χ0n) is 13.8. The van der Waals surface area contributed by atoms with Crippen molar-refractivity contribution in [2.75, 3.05) is 0 Å². The van der Waals surface area contributed by atoms with E-state index in [9.17, 15) is 9.90 Å². The molecule has 0 spiro atoms. The molecule has 1 aliphatic rings. The molecule has 2 aromatic carbocycles. The third-order valence-corrected chi connectivity index (χ3v) is 5.14. The molecule has 4 heteroatoms. The monoisotopic (exact) mass is 320 g/mol. The molecule has 1 aromatic heterocycles. The molecule has 3 aromatic rings. The van der Waals surface area contributed by atoms with Crippen LogP contribution in [0.25, 0.3) is 10.9 Å². The molecule has 1 unspecified atom stereocenters. The number of aromatic nitrogens is 1. The molecule has 1 heterocycles. The number of rotatable bonds is 2. The van der Waals surface area contributed by atoms with Crippen molar-refractivity contribution in [1.29, 1.82) is 0 Å². The van der Waals surface area contributed by atoms with Gasteiger partial charge in [0.15, 0.2) is 0 Å². The summed E-state index contributed by atoms with van der Waals surface area (Å²) in [4.78, 5) is 15.9. The minimum atomic E-state index is -0.107. The molecule has 0 radical (unpaired) electrons. The van der Waals surface area contributed by atoms with Gasteiger partial charge in [0.05, 0.1) is 6.04 Å². The average molecular weight is 320 g/mol. The highest BCUT2D eigenvalue weighted by molar-refractivity contribution is 5.99. The molecular weight excluding hydrogens is 300 g/mol. The minimum Gasteiger partial charge on any atom is -0.508 e. The fraction of sp³-hybridized carbons (Fsp3) is 0.250. The van der Waals surface area contributed by atoms with E-state index in [1.807, 2.05) is 24.3 Å². The maximum atomic E-state index is 12.7. The Hall–Kier alpha value is -2.75. The summed E-state index contributed by atoms with van der Waals surface area (Å²) in [7, 11) is 0. The lowest BCUT2D eigenvalue weighted by atomic mass is 10.1. The van der Waals surface area contributed by atoms with Gasteiger partial charge < -0.3 is 15.4 Å². The van der Waals surface area contributed by atoms with Crippen molar-refractivity contribution in [3.8, 4) is 5.75 Å². The number of phenolic OH excluding ortho intramolecular Hbond substituents is 1. The number of nitrogens with one attached hydrogen (secondary N) is 2. The Morgan fingerprint density at radius 2 is 2.08 bits per heavy atom. The number of aryl methyl sites for hydroxylation is 2. The maximum absolute atomic E-state index is 12.7. The second-order valence-electron chi connectivity index (χ2n) is 6.56. The summed E-state index contributed by atoms with van der Waals surface area (Å²) in [5.41, 5.74) is 5.94. The molecule has 24 heavy (non-hydrogen) atoms. The molecule has 0 aliphatic heterocycles. The molecule has 4 nitrogen and oxygen atoms in total. The number of H-pyrrole nitrogens is 1. The number of carbonyl (C=O) groups is 1. The van der Waals surface area contributed by atoms with Crippen LogP contribution in [0.5, 0.6) is 5.75 Å². The predicted octanol–water partition coefficient (Wildman–Crippen LogP) is 3.91. The van der Waals surface area contributed by atoms with E-state index in [1.165, 1.54) is 11.1 Å². The lowest BCUT2D eigenvalue weighted by Crippen LogP contribution is -2.27. The number of phenols is 1. The predicted molar refractivity (Wildman–Crippen MR) is 94.4 cm³/mol. The lowest BCUT2D eigenvalue weighted by Gasteiger charge is -2.13. The van der Waals surface area contributed by atoms with E-state index in [4.69, 9.17) is 0 Å². The molecule has 122 valence electrons. The fourth-order valence-corrected chi connectivity index (χ4v) is 3.60. The summed E-state index contributed by atoms with van der Waals surface area (Å²) in [6, 6.07) is 11.5. The minimum absolute atomic E-state index is 0.0474. The molecule has 0 fully saturated rings. The van der Waals surface area contributed by atoms with E-state index in [-0.39, 0.29) is 11.9 Å². The average Bonchev–Trinajstić information content (AvgIpc) is 3.17. The summed E-state index contributed by atoms with van der Waals surface area (Å²) in [5, 5.41) is 14.1. The first-order valence-corrected chi connectivity index (χ1v) is 8.25. The number of aromatic amines is 1. The molecule has 4 rings (SSSR count). The van der Waals surface area contributed by atoms with Crippen molar-refractivity contribution in [1.82, 2.24) is 10.3 Å². The van der Waals surface area contributed by atoms with Gasteiger partial charge in [0.2, 0.25) is 0 Å². The second kappa shape index (κ2) is 5.41. The molecule has 3 N–H and O–H groups in total. The first kappa shape index (κ1) is 14.8. The summed E-state index contributed by atoms with van der Waals surface area (Å²) in [5.74, 6) is 0.213. The highest BCUT2D eigenvalue weighted by Gasteiger charge is 2.26. The lowest BCUT2D eigenvalue weighted by molar-refractivity contribution is 0.0932. The van der Waals surface area contributed by atoms with Gasteiger partial charge >= 0.3 is 0 Å². The van der Waals surface area contributed by atoms with Gasteiger partial charge in [-0.3, -0.25) is 4.79 Å². The van der Waals surface area contributed by atoms with E-state index in [1.54, 1.807) is 6.07 Å². The van der Waals surface area contributed by atoms with Crippen LogP contribution in [-0.2, 0) is 6.42 Å². The Kier molecular flexibility index (Phi) is 3.34. The van der Waals surface area contributed by atoms with Crippen LogP contribution in [0.2, 0.25) is 0 Å². The van der Waals surface area contributed by atoms with Gasteiger partial charge in [0.1, 0.15) is 11.4 Å². The third kappa shape index (κ3) is 2.26.